The standard InChI is InChI=1S/C13H12ClN3O2/c1-8(18)19-10-3-2-9(6-10)17-5-4-11-12(14)15-7-16-13(11)17/h2-5,7,9-10H,6H2,1H3/t9-,10?/m1/s1. The number of fused-ring (bicyclic) bond motifs is 1. The summed E-state index contributed by atoms with van der Waals surface area (Å²) >= 11 is 6.02. The maximum absolute atomic E-state index is 10.9. The van der Waals surface area contributed by atoms with Crippen molar-refractivity contribution in [2.75, 3.05) is 0 Å². The molecule has 2 heterocycles. The Hall–Kier alpha value is -1.88. The molecule has 2 aromatic heterocycles. The van der Waals surface area contributed by atoms with Gasteiger partial charge in [-0.15, -0.1) is 0 Å². The molecule has 3 rings (SSSR count). The van der Waals surface area contributed by atoms with Crippen LogP contribution in [0.5, 0.6) is 0 Å². The number of carbonyl (C=O) groups excluding carboxylic acids is 1. The Bertz CT molecular complexity index is 665. The molecule has 0 saturated heterocycles. The number of hydrogen-bond acceptors (Lipinski definition) is 4. The smallest absolute Gasteiger partial charge is 0.303 e. The van der Waals surface area contributed by atoms with Gasteiger partial charge in [0.25, 0.3) is 0 Å². The van der Waals surface area contributed by atoms with Crippen molar-refractivity contribution in [1.29, 1.82) is 0 Å². The summed E-state index contributed by atoms with van der Waals surface area (Å²) in [5, 5.41) is 1.27. The van der Waals surface area contributed by atoms with Crippen molar-refractivity contribution in [1.82, 2.24) is 14.5 Å². The maximum Gasteiger partial charge on any atom is 0.303 e. The summed E-state index contributed by atoms with van der Waals surface area (Å²) in [6, 6.07) is 2.01. The zero-order valence-electron chi connectivity index (χ0n) is 10.3. The zero-order valence-corrected chi connectivity index (χ0v) is 11.0. The molecule has 0 aliphatic heterocycles. The van der Waals surface area contributed by atoms with Gasteiger partial charge in [-0.05, 0) is 12.1 Å². The number of allylic oxidation sites excluding steroid dienone is 1. The van der Waals surface area contributed by atoms with Crippen LogP contribution in [0.2, 0.25) is 5.15 Å². The third-order valence-electron chi connectivity index (χ3n) is 3.16. The number of hydrogen-bond donors (Lipinski definition) is 0. The van der Waals surface area contributed by atoms with Crippen molar-refractivity contribution in [3.05, 3.63) is 35.9 Å². The molecule has 0 aromatic carbocycles. The van der Waals surface area contributed by atoms with Gasteiger partial charge in [-0.1, -0.05) is 17.7 Å². The summed E-state index contributed by atoms with van der Waals surface area (Å²) in [6.07, 6.45) is 7.84. The molecule has 0 bridgehead atoms. The van der Waals surface area contributed by atoms with Crippen LogP contribution in [0.25, 0.3) is 11.0 Å². The molecule has 98 valence electrons. The van der Waals surface area contributed by atoms with Gasteiger partial charge in [0.05, 0.1) is 11.4 Å². The molecule has 0 amide bonds. The van der Waals surface area contributed by atoms with Crippen molar-refractivity contribution < 1.29 is 9.53 Å². The minimum atomic E-state index is -0.266. The Balaban J connectivity index is 1.89. The second-order valence-corrected chi connectivity index (χ2v) is 4.82. The van der Waals surface area contributed by atoms with Crippen LogP contribution in [0.15, 0.2) is 30.7 Å². The molecule has 0 radical (unpaired) electrons. The monoisotopic (exact) mass is 277 g/mol. The number of ether oxygens (including phenoxy) is 1. The third kappa shape index (κ3) is 2.21. The highest BCUT2D eigenvalue weighted by Gasteiger charge is 2.23. The number of esters is 1. The van der Waals surface area contributed by atoms with Gasteiger partial charge in [0.15, 0.2) is 0 Å². The van der Waals surface area contributed by atoms with Crippen LogP contribution in [0.3, 0.4) is 0 Å². The van der Waals surface area contributed by atoms with Gasteiger partial charge in [-0.2, -0.15) is 0 Å². The number of aromatic nitrogens is 3. The quantitative estimate of drug-likeness (QED) is 0.481. The lowest BCUT2D eigenvalue weighted by molar-refractivity contribution is -0.144. The highest BCUT2D eigenvalue weighted by Crippen LogP contribution is 2.30. The van der Waals surface area contributed by atoms with Gasteiger partial charge in [-0.3, -0.25) is 4.79 Å². The molecule has 1 unspecified atom stereocenters. The van der Waals surface area contributed by atoms with Gasteiger partial charge in [0.2, 0.25) is 0 Å². The third-order valence-corrected chi connectivity index (χ3v) is 3.46. The van der Waals surface area contributed by atoms with Gasteiger partial charge < -0.3 is 9.30 Å². The van der Waals surface area contributed by atoms with E-state index in [0.29, 0.717) is 11.6 Å². The van der Waals surface area contributed by atoms with Crippen molar-refractivity contribution in [2.45, 2.75) is 25.5 Å². The van der Waals surface area contributed by atoms with Gasteiger partial charge in [0, 0.05) is 19.5 Å². The highest BCUT2D eigenvalue weighted by molar-refractivity contribution is 6.33. The van der Waals surface area contributed by atoms with E-state index >= 15 is 0 Å². The number of halogens is 1. The first kappa shape index (κ1) is 12.2. The summed E-state index contributed by atoms with van der Waals surface area (Å²) < 4.78 is 7.19. The van der Waals surface area contributed by atoms with E-state index in [1.165, 1.54) is 13.3 Å². The summed E-state index contributed by atoms with van der Waals surface area (Å²) in [7, 11) is 0. The van der Waals surface area contributed by atoms with E-state index in [2.05, 4.69) is 9.97 Å². The van der Waals surface area contributed by atoms with Crippen LogP contribution in [0.1, 0.15) is 19.4 Å². The number of nitrogens with zero attached hydrogens (tertiary/aromatic N) is 3. The molecule has 0 N–H and O–H groups in total. The van der Waals surface area contributed by atoms with E-state index in [9.17, 15) is 4.79 Å². The predicted octanol–water partition coefficient (Wildman–Crippen LogP) is 2.52. The van der Waals surface area contributed by atoms with Crippen LogP contribution in [0, 0.1) is 0 Å². The summed E-state index contributed by atoms with van der Waals surface area (Å²) in [4.78, 5) is 19.2. The van der Waals surface area contributed by atoms with Crippen LogP contribution in [-0.2, 0) is 9.53 Å². The first-order chi connectivity index (χ1) is 9.15. The molecule has 19 heavy (non-hydrogen) atoms. The molecule has 6 heteroatoms. The SMILES string of the molecule is CC(=O)OC1C=C[C@@H](n2ccc3c(Cl)ncnc32)C1. The maximum atomic E-state index is 10.9. The normalized spacial score (nSPS) is 22.0. The van der Waals surface area contributed by atoms with E-state index in [4.69, 9.17) is 16.3 Å². The Labute approximate surface area is 114 Å². The Morgan fingerprint density at radius 3 is 3.11 bits per heavy atom. The second-order valence-electron chi connectivity index (χ2n) is 4.46. The first-order valence-corrected chi connectivity index (χ1v) is 6.35. The van der Waals surface area contributed by atoms with E-state index in [0.717, 1.165) is 11.0 Å². The molecule has 1 aliphatic rings. The average Bonchev–Trinajstić information content (AvgIpc) is 2.95. The molecule has 2 atom stereocenters. The van der Waals surface area contributed by atoms with E-state index in [1.54, 1.807) is 0 Å². The average molecular weight is 278 g/mol. The molecule has 0 spiro atoms. The van der Waals surface area contributed by atoms with E-state index in [-0.39, 0.29) is 18.1 Å². The molecule has 1 aliphatic carbocycles. The van der Waals surface area contributed by atoms with Crippen LogP contribution >= 0.6 is 11.6 Å². The summed E-state index contributed by atoms with van der Waals surface area (Å²) in [5.41, 5.74) is 0.790. The Kier molecular flexibility index (Phi) is 2.98. The van der Waals surface area contributed by atoms with Crippen molar-refractivity contribution >= 4 is 28.6 Å². The van der Waals surface area contributed by atoms with Crippen molar-refractivity contribution in [2.24, 2.45) is 0 Å². The fourth-order valence-corrected chi connectivity index (χ4v) is 2.55. The zero-order chi connectivity index (χ0) is 13.4. The number of rotatable bonds is 2. The molecular formula is C13H12ClN3O2. The lowest BCUT2D eigenvalue weighted by atomic mass is 10.2. The lowest BCUT2D eigenvalue weighted by Crippen LogP contribution is -2.14. The predicted molar refractivity (Wildman–Crippen MR) is 70.9 cm³/mol. The highest BCUT2D eigenvalue weighted by atomic mass is 35.5. The summed E-state index contributed by atoms with van der Waals surface area (Å²) in [5.74, 6) is -0.266. The Morgan fingerprint density at radius 1 is 1.47 bits per heavy atom. The van der Waals surface area contributed by atoms with Gasteiger partial charge >= 0.3 is 5.97 Å². The molecule has 0 fully saturated rings. The van der Waals surface area contributed by atoms with E-state index < -0.39 is 0 Å². The van der Waals surface area contributed by atoms with Crippen LogP contribution in [-0.4, -0.2) is 26.6 Å². The topological polar surface area (TPSA) is 57.0 Å². The molecule has 5 nitrogen and oxygen atoms in total. The fraction of sp³-hybridized carbons (Fsp3) is 0.308. The Morgan fingerprint density at radius 2 is 2.32 bits per heavy atom. The number of carbonyl (C=O) groups is 1. The van der Waals surface area contributed by atoms with Crippen molar-refractivity contribution in [3.8, 4) is 0 Å². The molecular weight excluding hydrogens is 266 g/mol. The minimum absolute atomic E-state index is 0.118. The lowest BCUT2D eigenvalue weighted by Gasteiger charge is -2.14. The van der Waals surface area contributed by atoms with Gasteiger partial charge in [0.1, 0.15) is 23.2 Å². The fourth-order valence-electron chi connectivity index (χ4n) is 2.36. The summed E-state index contributed by atoms with van der Waals surface area (Å²) in [6.45, 7) is 1.42. The molecule has 2 aromatic rings. The van der Waals surface area contributed by atoms with E-state index in [1.807, 2.05) is 29.0 Å². The second kappa shape index (κ2) is 4.66. The molecule has 0 saturated carbocycles. The van der Waals surface area contributed by atoms with Crippen LogP contribution in [0.4, 0.5) is 0 Å². The van der Waals surface area contributed by atoms with Crippen molar-refractivity contribution in [3.63, 3.8) is 0 Å². The minimum Gasteiger partial charge on any atom is -0.458 e. The van der Waals surface area contributed by atoms with Gasteiger partial charge in [-0.25, -0.2) is 9.97 Å². The largest absolute Gasteiger partial charge is 0.458 e. The van der Waals surface area contributed by atoms with Crippen LogP contribution < -0.4 is 0 Å². The first-order valence-electron chi connectivity index (χ1n) is 5.98.